The van der Waals surface area contributed by atoms with Crippen LogP contribution in [0, 0.1) is 0 Å². The minimum atomic E-state index is -1.60. The van der Waals surface area contributed by atoms with Crippen LogP contribution < -0.4 is 0 Å². The fraction of sp³-hybridized carbons (Fsp3) is 0.429. The molecule has 0 amide bonds. The van der Waals surface area contributed by atoms with E-state index in [2.05, 4.69) is 83.4 Å². The normalized spacial score (nSPS) is 13.6. The molecule has 0 radical (unpaired) electrons. The predicted molar refractivity (Wildman–Crippen MR) is 105 cm³/mol. The topological polar surface area (TPSA) is 9.23 Å². The van der Waals surface area contributed by atoms with Crippen LogP contribution >= 0.6 is 0 Å². The molecule has 2 heteroatoms. The Kier molecular flexibility index (Phi) is 7.57. The smallest absolute Gasteiger partial charge is 0.242 e. The lowest BCUT2D eigenvalue weighted by Gasteiger charge is -2.24. The van der Waals surface area contributed by atoms with E-state index in [9.17, 15) is 0 Å². The zero-order valence-electron chi connectivity index (χ0n) is 15.7. The maximum atomic E-state index is 6.28. The van der Waals surface area contributed by atoms with Gasteiger partial charge in [0.05, 0.1) is 0 Å². The van der Waals surface area contributed by atoms with Gasteiger partial charge in [-0.1, -0.05) is 48.1 Å². The lowest BCUT2D eigenvalue weighted by molar-refractivity contribution is 0.430. The highest BCUT2D eigenvalue weighted by Crippen LogP contribution is 2.27. The van der Waals surface area contributed by atoms with E-state index >= 15 is 0 Å². The number of aryl methyl sites for hydroxylation is 1. The van der Waals surface area contributed by atoms with Crippen LogP contribution in [0.3, 0.4) is 0 Å². The second-order valence-electron chi connectivity index (χ2n) is 7.22. The van der Waals surface area contributed by atoms with Crippen LogP contribution in [-0.4, -0.2) is 8.32 Å². The summed E-state index contributed by atoms with van der Waals surface area (Å²) in [6.07, 6.45) is 5.17. The van der Waals surface area contributed by atoms with Gasteiger partial charge in [-0.2, -0.15) is 0 Å². The average Bonchev–Trinajstić information content (AvgIpc) is 2.48. The molecule has 0 aliphatic carbocycles. The Hall–Kier alpha value is -1.54. The molecule has 0 aliphatic heterocycles. The van der Waals surface area contributed by atoms with Crippen molar-refractivity contribution in [3.05, 3.63) is 71.0 Å². The molecule has 1 rings (SSSR count). The molecule has 0 bridgehead atoms. The van der Waals surface area contributed by atoms with Crippen LogP contribution in [0.5, 0.6) is 0 Å². The van der Waals surface area contributed by atoms with Gasteiger partial charge in [0.25, 0.3) is 0 Å². The van der Waals surface area contributed by atoms with Crippen molar-refractivity contribution in [1.82, 2.24) is 0 Å². The third kappa shape index (κ3) is 7.51. The summed E-state index contributed by atoms with van der Waals surface area (Å²) >= 11 is 0. The van der Waals surface area contributed by atoms with E-state index in [1.165, 1.54) is 22.3 Å². The fourth-order valence-electron chi connectivity index (χ4n) is 2.57. The zero-order chi connectivity index (χ0) is 17.5. The SMILES string of the molecule is C=C(C)C/C(CCc1ccccc1)=C(C)\C(=C/C)O[Si](C)(C)C. The van der Waals surface area contributed by atoms with Crippen molar-refractivity contribution in [3.8, 4) is 0 Å². The molecule has 1 aromatic rings. The Balaban J connectivity index is 2.99. The number of benzene rings is 1. The van der Waals surface area contributed by atoms with Gasteiger partial charge in [-0.3, -0.25) is 0 Å². The highest BCUT2D eigenvalue weighted by atomic mass is 28.4. The van der Waals surface area contributed by atoms with E-state index in [-0.39, 0.29) is 0 Å². The maximum absolute atomic E-state index is 6.28. The minimum absolute atomic E-state index is 0.949. The van der Waals surface area contributed by atoms with E-state index in [4.69, 9.17) is 4.43 Å². The predicted octanol–water partition coefficient (Wildman–Crippen LogP) is 6.66. The van der Waals surface area contributed by atoms with E-state index in [1.807, 2.05) is 0 Å². The number of allylic oxidation sites excluding steroid dienone is 4. The first-order valence-corrected chi connectivity index (χ1v) is 11.9. The van der Waals surface area contributed by atoms with Crippen LogP contribution in [0.15, 0.2) is 65.5 Å². The van der Waals surface area contributed by atoms with Gasteiger partial charge in [-0.15, -0.1) is 0 Å². The molecule has 0 spiro atoms. The molecule has 0 saturated carbocycles. The first-order chi connectivity index (χ1) is 10.7. The standard InChI is InChI=1S/C21H32OSi/c1-8-21(22-23(5,6)7)18(4)20(16-17(2)3)15-14-19-12-10-9-11-13-19/h8-13H,2,14-16H2,1,3-7H3/b20-18-,21-8+. The van der Waals surface area contributed by atoms with Crippen molar-refractivity contribution < 1.29 is 4.43 Å². The Morgan fingerprint density at radius 2 is 1.74 bits per heavy atom. The summed E-state index contributed by atoms with van der Waals surface area (Å²) in [7, 11) is -1.60. The molecule has 126 valence electrons. The van der Waals surface area contributed by atoms with Crippen molar-refractivity contribution in [2.24, 2.45) is 0 Å². The van der Waals surface area contributed by atoms with E-state index in [1.54, 1.807) is 0 Å². The molecule has 0 saturated heterocycles. The van der Waals surface area contributed by atoms with Crippen LogP contribution in [0.25, 0.3) is 0 Å². The van der Waals surface area contributed by atoms with Gasteiger partial charge in [0.2, 0.25) is 8.32 Å². The summed E-state index contributed by atoms with van der Waals surface area (Å²) in [6.45, 7) is 17.2. The van der Waals surface area contributed by atoms with Crippen molar-refractivity contribution in [2.75, 3.05) is 0 Å². The van der Waals surface area contributed by atoms with Crippen molar-refractivity contribution in [1.29, 1.82) is 0 Å². The van der Waals surface area contributed by atoms with Crippen LogP contribution in [0.2, 0.25) is 19.6 Å². The highest BCUT2D eigenvalue weighted by Gasteiger charge is 2.19. The van der Waals surface area contributed by atoms with Gasteiger partial charge in [0.15, 0.2) is 0 Å². The van der Waals surface area contributed by atoms with Crippen molar-refractivity contribution >= 4 is 8.32 Å². The summed E-state index contributed by atoms with van der Waals surface area (Å²) in [5, 5.41) is 0. The molecule has 0 N–H and O–H groups in total. The van der Waals surface area contributed by atoms with Crippen molar-refractivity contribution in [3.63, 3.8) is 0 Å². The molecule has 1 nitrogen and oxygen atoms in total. The van der Waals surface area contributed by atoms with Gasteiger partial charge in [-0.25, -0.2) is 0 Å². The first kappa shape index (κ1) is 19.5. The largest absolute Gasteiger partial charge is 0.544 e. The average molecular weight is 329 g/mol. The summed E-state index contributed by atoms with van der Waals surface area (Å²) < 4.78 is 6.28. The number of hydrogen-bond donors (Lipinski definition) is 0. The van der Waals surface area contributed by atoms with Crippen LogP contribution in [0.4, 0.5) is 0 Å². The third-order valence-electron chi connectivity index (χ3n) is 3.65. The highest BCUT2D eigenvalue weighted by molar-refractivity contribution is 6.70. The maximum Gasteiger partial charge on any atom is 0.242 e. The molecule has 23 heavy (non-hydrogen) atoms. The molecule has 1 aromatic carbocycles. The van der Waals surface area contributed by atoms with Gasteiger partial charge < -0.3 is 4.43 Å². The van der Waals surface area contributed by atoms with Gasteiger partial charge in [-0.05, 0) is 76.9 Å². The van der Waals surface area contributed by atoms with Gasteiger partial charge >= 0.3 is 0 Å². The fourth-order valence-corrected chi connectivity index (χ4v) is 3.50. The Morgan fingerprint density at radius 1 is 1.13 bits per heavy atom. The quantitative estimate of drug-likeness (QED) is 0.224. The molecule has 0 unspecified atom stereocenters. The minimum Gasteiger partial charge on any atom is -0.544 e. The molecule has 0 atom stereocenters. The molecule has 0 aliphatic rings. The summed E-state index contributed by atoms with van der Waals surface area (Å²) in [4.78, 5) is 0. The van der Waals surface area contributed by atoms with E-state index in [0.29, 0.717) is 0 Å². The Morgan fingerprint density at radius 3 is 2.22 bits per heavy atom. The lowest BCUT2D eigenvalue weighted by atomic mass is 9.94. The van der Waals surface area contributed by atoms with Crippen LogP contribution in [0.1, 0.15) is 39.2 Å². The third-order valence-corrected chi connectivity index (χ3v) is 4.48. The lowest BCUT2D eigenvalue weighted by Crippen LogP contribution is -2.25. The summed E-state index contributed by atoms with van der Waals surface area (Å²) in [6, 6.07) is 10.7. The number of hydrogen-bond acceptors (Lipinski definition) is 1. The Bertz CT molecular complexity index is 574. The monoisotopic (exact) mass is 328 g/mol. The molecule has 0 aromatic heterocycles. The summed E-state index contributed by atoms with van der Waals surface area (Å²) in [5.41, 5.74) is 5.31. The van der Waals surface area contributed by atoms with Gasteiger partial charge in [0.1, 0.15) is 5.76 Å². The van der Waals surface area contributed by atoms with Gasteiger partial charge in [0, 0.05) is 0 Å². The first-order valence-electron chi connectivity index (χ1n) is 8.45. The second kappa shape index (κ2) is 8.93. The zero-order valence-corrected chi connectivity index (χ0v) is 16.7. The summed E-state index contributed by atoms with van der Waals surface area (Å²) in [5.74, 6) is 1.05. The molecule has 0 heterocycles. The molecular formula is C21H32OSi. The Labute approximate surface area is 143 Å². The van der Waals surface area contributed by atoms with Crippen molar-refractivity contribution in [2.45, 2.75) is 59.7 Å². The van der Waals surface area contributed by atoms with Crippen LogP contribution in [-0.2, 0) is 10.8 Å². The molecular weight excluding hydrogens is 296 g/mol. The number of rotatable bonds is 8. The molecule has 0 fully saturated rings. The van der Waals surface area contributed by atoms with E-state index < -0.39 is 8.32 Å². The van der Waals surface area contributed by atoms with E-state index in [0.717, 1.165) is 25.0 Å². The second-order valence-corrected chi connectivity index (χ2v) is 11.6.